The van der Waals surface area contributed by atoms with Crippen molar-refractivity contribution in [1.29, 1.82) is 0 Å². The van der Waals surface area contributed by atoms with Gasteiger partial charge in [0.05, 0.1) is 28.9 Å². The number of carbonyl (C=O) groups is 2. The minimum absolute atomic E-state index is 0.0159. The number of methoxy groups -OCH3 is 1. The Kier molecular flexibility index (Phi) is 7.91. The van der Waals surface area contributed by atoms with Gasteiger partial charge in [0, 0.05) is 6.54 Å². The lowest BCUT2D eigenvalue weighted by molar-refractivity contribution is -0.123. The summed E-state index contributed by atoms with van der Waals surface area (Å²) in [6.07, 6.45) is -1.13. The van der Waals surface area contributed by atoms with Gasteiger partial charge in [0.2, 0.25) is 0 Å². The summed E-state index contributed by atoms with van der Waals surface area (Å²) in [6, 6.07) is 21.1. The van der Waals surface area contributed by atoms with Crippen molar-refractivity contribution in [2.45, 2.75) is 24.8 Å². The van der Waals surface area contributed by atoms with E-state index >= 15 is 0 Å². The number of rotatable bonds is 9. The SMILES string of the molecule is CCN(c1ccccc1)S(=O)(=O)c1cccc(C(=O)O[C@H](C)C(=O)Nc2ccccc2OC)c1. The number of hydrogen-bond donors (Lipinski definition) is 1. The Balaban J connectivity index is 1.76. The van der Waals surface area contributed by atoms with Crippen molar-refractivity contribution < 1.29 is 27.5 Å². The van der Waals surface area contributed by atoms with Gasteiger partial charge in [0.25, 0.3) is 15.9 Å². The molecule has 1 atom stereocenters. The predicted molar refractivity (Wildman–Crippen MR) is 130 cm³/mol. The molecule has 0 spiro atoms. The second-order valence-corrected chi connectivity index (χ2v) is 9.13. The largest absolute Gasteiger partial charge is 0.495 e. The fourth-order valence-corrected chi connectivity index (χ4v) is 4.78. The van der Waals surface area contributed by atoms with Crippen molar-refractivity contribution in [3.8, 4) is 5.75 Å². The summed E-state index contributed by atoms with van der Waals surface area (Å²) in [6.45, 7) is 3.36. The molecule has 0 bridgehead atoms. The van der Waals surface area contributed by atoms with E-state index in [0.29, 0.717) is 17.1 Å². The number of nitrogens with zero attached hydrogens (tertiary/aromatic N) is 1. The lowest BCUT2D eigenvalue weighted by atomic mass is 10.2. The maximum Gasteiger partial charge on any atom is 0.338 e. The molecular formula is C25H26N2O6S. The molecule has 0 heterocycles. The molecule has 3 rings (SSSR count). The monoisotopic (exact) mass is 482 g/mol. The fraction of sp³-hybridized carbons (Fsp3) is 0.200. The Labute approximate surface area is 199 Å². The molecule has 0 aliphatic rings. The summed E-state index contributed by atoms with van der Waals surface area (Å²) in [5.74, 6) is -0.906. The molecule has 9 heteroatoms. The highest BCUT2D eigenvalue weighted by atomic mass is 32.2. The number of anilines is 2. The molecule has 0 aliphatic heterocycles. The highest BCUT2D eigenvalue weighted by Crippen LogP contribution is 2.25. The first-order valence-corrected chi connectivity index (χ1v) is 12.0. The van der Waals surface area contributed by atoms with E-state index in [4.69, 9.17) is 9.47 Å². The molecule has 0 aromatic heterocycles. The van der Waals surface area contributed by atoms with Crippen molar-refractivity contribution in [2.24, 2.45) is 0 Å². The van der Waals surface area contributed by atoms with Gasteiger partial charge in [-0.25, -0.2) is 13.2 Å². The Morgan fingerprint density at radius 1 is 0.971 bits per heavy atom. The van der Waals surface area contributed by atoms with Crippen LogP contribution in [-0.4, -0.2) is 40.1 Å². The van der Waals surface area contributed by atoms with Gasteiger partial charge in [0.1, 0.15) is 5.75 Å². The highest BCUT2D eigenvalue weighted by molar-refractivity contribution is 7.92. The standard InChI is InChI=1S/C25H26N2O6S/c1-4-27(20-12-6-5-7-13-20)34(30,31)21-14-10-11-19(17-21)25(29)33-18(2)24(28)26-22-15-8-9-16-23(22)32-3/h5-18H,4H2,1-3H3,(H,26,28)/t18-/m1/s1. The van der Waals surface area contributed by atoms with E-state index in [-0.39, 0.29) is 17.0 Å². The van der Waals surface area contributed by atoms with Crippen LogP contribution in [-0.2, 0) is 19.6 Å². The first kappa shape index (κ1) is 24.8. The minimum atomic E-state index is -3.92. The first-order chi connectivity index (χ1) is 16.3. The normalized spacial score (nSPS) is 11.9. The number of amides is 1. The van der Waals surface area contributed by atoms with Crippen LogP contribution in [0.2, 0.25) is 0 Å². The number of para-hydroxylation sites is 3. The maximum absolute atomic E-state index is 13.2. The number of nitrogens with one attached hydrogen (secondary N) is 1. The quantitative estimate of drug-likeness (QED) is 0.461. The number of ether oxygens (including phenoxy) is 2. The lowest BCUT2D eigenvalue weighted by Crippen LogP contribution is -2.31. The molecule has 0 aliphatic carbocycles. The van der Waals surface area contributed by atoms with Gasteiger partial charge < -0.3 is 14.8 Å². The van der Waals surface area contributed by atoms with Gasteiger partial charge >= 0.3 is 5.97 Å². The van der Waals surface area contributed by atoms with Crippen LogP contribution in [0.25, 0.3) is 0 Å². The predicted octanol–water partition coefficient (Wildman–Crippen LogP) is 4.09. The van der Waals surface area contributed by atoms with Crippen LogP contribution in [0.3, 0.4) is 0 Å². The molecule has 178 valence electrons. The van der Waals surface area contributed by atoms with Crippen molar-refractivity contribution in [3.05, 3.63) is 84.4 Å². The Hall–Kier alpha value is -3.85. The van der Waals surface area contributed by atoms with Crippen molar-refractivity contribution in [2.75, 3.05) is 23.3 Å². The van der Waals surface area contributed by atoms with Crippen molar-refractivity contribution in [1.82, 2.24) is 0 Å². The zero-order valence-electron chi connectivity index (χ0n) is 19.1. The molecule has 8 nitrogen and oxygen atoms in total. The summed E-state index contributed by atoms with van der Waals surface area (Å²) >= 11 is 0. The number of carbonyl (C=O) groups excluding carboxylic acids is 2. The van der Waals surface area contributed by atoms with Crippen LogP contribution in [0.5, 0.6) is 5.75 Å². The van der Waals surface area contributed by atoms with Crippen LogP contribution in [0, 0.1) is 0 Å². The van der Waals surface area contributed by atoms with E-state index in [9.17, 15) is 18.0 Å². The fourth-order valence-electron chi connectivity index (χ4n) is 3.26. The van der Waals surface area contributed by atoms with E-state index in [1.165, 1.54) is 42.6 Å². The topological polar surface area (TPSA) is 102 Å². The van der Waals surface area contributed by atoms with E-state index in [1.807, 2.05) is 0 Å². The van der Waals surface area contributed by atoms with Crippen molar-refractivity contribution >= 4 is 33.3 Å². The van der Waals surface area contributed by atoms with Gasteiger partial charge in [-0.05, 0) is 56.3 Å². The molecule has 0 radical (unpaired) electrons. The van der Waals surface area contributed by atoms with Crippen LogP contribution in [0.4, 0.5) is 11.4 Å². The maximum atomic E-state index is 13.2. The molecule has 3 aromatic carbocycles. The molecule has 1 N–H and O–H groups in total. The minimum Gasteiger partial charge on any atom is -0.495 e. The summed E-state index contributed by atoms with van der Waals surface area (Å²) in [7, 11) is -2.44. The van der Waals surface area contributed by atoms with Crippen LogP contribution < -0.4 is 14.4 Å². The van der Waals surface area contributed by atoms with Gasteiger partial charge in [-0.1, -0.05) is 36.4 Å². The summed E-state index contributed by atoms with van der Waals surface area (Å²) in [5, 5.41) is 2.65. The van der Waals surface area contributed by atoms with E-state index in [1.54, 1.807) is 61.5 Å². The van der Waals surface area contributed by atoms with E-state index in [0.717, 1.165) is 0 Å². The lowest BCUT2D eigenvalue weighted by Gasteiger charge is -2.23. The smallest absolute Gasteiger partial charge is 0.338 e. The van der Waals surface area contributed by atoms with Crippen LogP contribution in [0.1, 0.15) is 24.2 Å². The highest BCUT2D eigenvalue weighted by Gasteiger charge is 2.26. The van der Waals surface area contributed by atoms with Crippen LogP contribution in [0.15, 0.2) is 83.8 Å². The molecule has 34 heavy (non-hydrogen) atoms. The zero-order valence-corrected chi connectivity index (χ0v) is 19.9. The Bertz CT molecular complexity index is 1260. The average molecular weight is 483 g/mol. The van der Waals surface area contributed by atoms with Gasteiger partial charge in [-0.15, -0.1) is 0 Å². The molecule has 1 amide bonds. The molecule has 0 unspecified atom stereocenters. The Morgan fingerprint density at radius 2 is 1.65 bits per heavy atom. The third-order valence-corrected chi connectivity index (χ3v) is 6.91. The number of sulfonamides is 1. The summed E-state index contributed by atoms with van der Waals surface area (Å²) in [5.41, 5.74) is 0.966. The second-order valence-electron chi connectivity index (χ2n) is 7.27. The first-order valence-electron chi connectivity index (χ1n) is 10.6. The number of esters is 1. The van der Waals surface area contributed by atoms with Crippen molar-refractivity contribution in [3.63, 3.8) is 0 Å². The van der Waals surface area contributed by atoms with Gasteiger partial charge in [0.15, 0.2) is 6.10 Å². The van der Waals surface area contributed by atoms with E-state index in [2.05, 4.69) is 5.32 Å². The third kappa shape index (κ3) is 5.55. The van der Waals surface area contributed by atoms with E-state index < -0.39 is 28.0 Å². The van der Waals surface area contributed by atoms with Crippen LogP contribution >= 0.6 is 0 Å². The molecule has 0 saturated heterocycles. The number of benzene rings is 3. The third-order valence-electron chi connectivity index (χ3n) is 5.01. The average Bonchev–Trinajstić information content (AvgIpc) is 2.85. The zero-order chi connectivity index (χ0) is 24.7. The summed E-state index contributed by atoms with van der Waals surface area (Å²) < 4.78 is 38.2. The molecule has 0 saturated carbocycles. The van der Waals surface area contributed by atoms with Gasteiger partial charge in [-0.2, -0.15) is 0 Å². The number of hydrogen-bond acceptors (Lipinski definition) is 6. The molecular weight excluding hydrogens is 456 g/mol. The van der Waals surface area contributed by atoms with Gasteiger partial charge in [-0.3, -0.25) is 9.10 Å². The Morgan fingerprint density at radius 3 is 2.32 bits per heavy atom. The molecule has 3 aromatic rings. The summed E-state index contributed by atoms with van der Waals surface area (Å²) in [4.78, 5) is 25.1. The second kappa shape index (κ2) is 10.8. The molecule has 0 fully saturated rings.